The lowest BCUT2D eigenvalue weighted by Crippen LogP contribution is -2.48. The Morgan fingerprint density at radius 1 is 1.33 bits per heavy atom. The first kappa shape index (κ1) is 16.9. The first-order valence-electron chi connectivity index (χ1n) is 8.06. The van der Waals surface area contributed by atoms with Crippen molar-refractivity contribution in [2.24, 2.45) is 0 Å². The molecule has 3 rings (SSSR count). The summed E-state index contributed by atoms with van der Waals surface area (Å²) in [4.78, 5) is 39.9. The zero-order chi connectivity index (χ0) is 17.3. The Balaban J connectivity index is 1.80. The summed E-state index contributed by atoms with van der Waals surface area (Å²) in [6, 6.07) is 0.771. The van der Waals surface area contributed by atoms with Crippen LogP contribution in [0.25, 0.3) is 0 Å². The van der Waals surface area contributed by atoms with E-state index in [-0.39, 0.29) is 23.0 Å². The summed E-state index contributed by atoms with van der Waals surface area (Å²) in [6.45, 7) is 3.25. The highest BCUT2D eigenvalue weighted by Gasteiger charge is 2.39. The number of furan rings is 1. The smallest absolute Gasteiger partial charge is 0.339 e. The van der Waals surface area contributed by atoms with Crippen LogP contribution in [0.5, 0.6) is 0 Å². The van der Waals surface area contributed by atoms with Crippen LogP contribution in [0.2, 0.25) is 0 Å². The fraction of sp³-hybridized carbons (Fsp3) is 0.562. The van der Waals surface area contributed by atoms with Gasteiger partial charge in [0, 0.05) is 31.3 Å². The van der Waals surface area contributed by atoms with E-state index in [0.717, 1.165) is 25.9 Å². The molecule has 8 heteroatoms. The molecular weight excluding hydrogens is 332 g/mol. The summed E-state index contributed by atoms with van der Waals surface area (Å²) in [5, 5.41) is 9.19. The molecule has 0 aromatic carbocycles. The number of rotatable bonds is 4. The van der Waals surface area contributed by atoms with Gasteiger partial charge in [-0.25, -0.2) is 4.79 Å². The molecule has 1 unspecified atom stereocenters. The molecule has 24 heavy (non-hydrogen) atoms. The molecule has 130 valence electrons. The lowest BCUT2D eigenvalue weighted by atomic mass is 10.2. The van der Waals surface area contributed by atoms with Crippen LogP contribution in [0.1, 0.15) is 46.4 Å². The van der Waals surface area contributed by atoms with Gasteiger partial charge >= 0.3 is 5.97 Å². The predicted octanol–water partition coefficient (Wildman–Crippen LogP) is 1.68. The lowest BCUT2D eigenvalue weighted by Gasteiger charge is -2.26. The SMILES string of the molecule is CCc1oc(C(=O)N2CSCC2C(=O)N2CCCC2)cc1C(=O)O. The molecule has 2 amide bonds. The van der Waals surface area contributed by atoms with E-state index in [2.05, 4.69) is 0 Å². The van der Waals surface area contributed by atoms with Crippen molar-refractivity contribution < 1.29 is 23.9 Å². The van der Waals surface area contributed by atoms with E-state index in [0.29, 0.717) is 18.1 Å². The maximum atomic E-state index is 12.7. The molecule has 0 saturated carbocycles. The molecule has 3 heterocycles. The number of carboxylic acid groups (broad SMARTS) is 1. The van der Waals surface area contributed by atoms with Crippen molar-refractivity contribution in [1.82, 2.24) is 9.80 Å². The summed E-state index contributed by atoms with van der Waals surface area (Å²) in [5.41, 5.74) is 0.00937. The number of aryl methyl sites for hydroxylation is 1. The average Bonchev–Trinajstić information content (AvgIpc) is 3.32. The summed E-state index contributed by atoms with van der Waals surface area (Å²) in [7, 11) is 0. The van der Waals surface area contributed by atoms with E-state index in [1.165, 1.54) is 22.7 Å². The van der Waals surface area contributed by atoms with E-state index in [1.807, 2.05) is 0 Å². The van der Waals surface area contributed by atoms with Crippen molar-refractivity contribution in [3.8, 4) is 0 Å². The Labute approximate surface area is 144 Å². The molecule has 2 aliphatic heterocycles. The Morgan fingerprint density at radius 2 is 2.04 bits per heavy atom. The number of carbonyl (C=O) groups is 3. The van der Waals surface area contributed by atoms with Crippen molar-refractivity contribution in [3.05, 3.63) is 23.2 Å². The molecule has 0 bridgehead atoms. The Morgan fingerprint density at radius 3 is 2.62 bits per heavy atom. The number of hydrogen-bond acceptors (Lipinski definition) is 5. The van der Waals surface area contributed by atoms with Gasteiger partial charge in [-0.15, -0.1) is 11.8 Å². The highest BCUT2D eigenvalue weighted by atomic mass is 32.2. The summed E-state index contributed by atoms with van der Waals surface area (Å²) in [5.74, 6) is -0.311. The number of amides is 2. The molecule has 0 aliphatic carbocycles. The van der Waals surface area contributed by atoms with Gasteiger partial charge in [0.05, 0.1) is 5.88 Å². The first-order chi connectivity index (χ1) is 11.5. The summed E-state index contributed by atoms with van der Waals surface area (Å²) < 4.78 is 5.45. The van der Waals surface area contributed by atoms with E-state index in [1.54, 1.807) is 11.8 Å². The molecule has 1 atom stereocenters. The second-order valence-corrected chi connectivity index (χ2v) is 6.93. The maximum Gasteiger partial charge on any atom is 0.339 e. The van der Waals surface area contributed by atoms with Crippen molar-refractivity contribution in [2.45, 2.75) is 32.2 Å². The number of aromatic carboxylic acids is 1. The zero-order valence-electron chi connectivity index (χ0n) is 13.5. The quantitative estimate of drug-likeness (QED) is 0.886. The Kier molecular flexibility index (Phi) is 4.84. The third-order valence-corrected chi connectivity index (χ3v) is 5.43. The largest absolute Gasteiger partial charge is 0.478 e. The highest BCUT2D eigenvalue weighted by Crippen LogP contribution is 2.27. The van der Waals surface area contributed by atoms with Crippen LogP contribution in [-0.4, -0.2) is 63.5 Å². The average molecular weight is 352 g/mol. The maximum absolute atomic E-state index is 12.7. The third-order valence-electron chi connectivity index (χ3n) is 4.42. The van der Waals surface area contributed by atoms with E-state index >= 15 is 0 Å². The van der Waals surface area contributed by atoms with Gasteiger partial charge in [0.25, 0.3) is 5.91 Å². The zero-order valence-corrected chi connectivity index (χ0v) is 14.3. The number of carboxylic acids is 1. The number of carbonyl (C=O) groups excluding carboxylic acids is 2. The monoisotopic (exact) mass is 352 g/mol. The molecule has 1 N–H and O–H groups in total. The molecule has 2 saturated heterocycles. The molecule has 0 radical (unpaired) electrons. The number of hydrogen-bond donors (Lipinski definition) is 1. The van der Waals surface area contributed by atoms with Gasteiger partial charge in [0.1, 0.15) is 17.4 Å². The van der Waals surface area contributed by atoms with Crippen molar-refractivity contribution in [1.29, 1.82) is 0 Å². The number of nitrogens with zero attached hydrogens (tertiary/aromatic N) is 2. The fourth-order valence-electron chi connectivity index (χ4n) is 3.11. The second kappa shape index (κ2) is 6.88. The molecule has 1 aromatic heterocycles. The van der Waals surface area contributed by atoms with Crippen LogP contribution >= 0.6 is 11.8 Å². The van der Waals surface area contributed by atoms with Gasteiger partial charge in [0.15, 0.2) is 5.76 Å². The Hall–Kier alpha value is -1.96. The normalized spacial score (nSPS) is 20.6. The van der Waals surface area contributed by atoms with E-state index in [9.17, 15) is 19.5 Å². The van der Waals surface area contributed by atoms with Gasteiger partial charge < -0.3 is 19.3 Å². The molecule has 2 fully saturated rings. The number of thioether (sulfide) groups is 1. The van der Waals surface area contributed by atoms with Crippen molar-refractivity contribution in [3.63, 3.8) is 0 Å². The minimum Gasteiger partial charge on any atom is -0.478 e. The Bertz CT molecular complexity index is 665. The van der Waals surface area contributed by atoms with Crippen molar-refractivity contribution >= 4 is 29.5 Å². The minimum absolute atomic E-state index is 0.00836. The van der Waals surface area contributed by atoms with Crippen LogP contribution in [0.3, 0.4) is 0 Å². The second-order valence-electron chi connectivity index (χ2n) is 5.93. The van der Waals surface area contributed by atoms with Gasteiger partial charge in [-0.1, -0.05) is 6.92 Å². The highest BCUT2D eigenvalue weighted by molar-refractivity contribution is 7.99. The van der Waals surface area contributed by atoms with Crippen LogP contribution < -0.4 is 0 Å². The van der Waals surface area contributed by atoms with Crippen molar-refractivity contribution in [2.75, 3.05) is 24.7 Å². The topological polar surface area (TPSA) is 91.1 Å². The van der Waals surface area contributed by atoms with Gasteiger partial charge in [-0.05, 0) is 12.8 Å². The molecule has 2 aliphatic rings. The fourth-order valence-corrected chi connectivity index (χ4v) is 4.26. The van der Waals surface area contributed by atoms with Crippen LogP contribution in [0.4, 0.5) is 0 Å². The third kappa shape index (κ3) is 3.02. The van der Waals surface area contributed by atoms with Gasteiger partial charge in [0.2, 0.25) is 5.91 Å². The summed E-state index contributed by atoms with van der Waals surface area (Å²) >= 11 is 1.52. The lowest BCUT2D eigenvalue weighted by molar-refractivity contribution is -0.133. The van der Waals surface area contributed by atoms with Crippen LogP contribution in [0, 0.1) is 0 Å². The molecule has 1 aromatic rings. The predicted molar refractivity (Wildman–Crippen MR) is 88.1 cm³/mol. The standard InChI is InChI=1S/C16H20N2O5S/c1-2-12-10(16(21)22)7-13(23-12)15(20)18-9-24-8-11(18)14(19)17-5-3-4-6-17/h7,11H,2-6,8-9H2,1H3,(H,21,22). The molecule has 0 spiro atoms. The summed E-state index contributed by atoms with van der Waals surface area (Å²) in [6.07, 6.45) is 2.39. The van der Waals surface area contributed by atoms with Gasteiger partial charge in [-0.3, -0.25) is 9.59 Å². The molecular formula is C16H20N2O5S. The van der Waals surface area contributed by atoms with E-state index < -0.39 is 17.9 Å². The van der Waals surface area contributed by atoms with Crippen LogP contribution in [0.15, 0.2) is 10.5 Å². The van der Waals surface area contributed by atoms with Gasteiger partial charge in [-0.2, -0.15) is 0 Å². The first-order valence-corrected chi connectivity index (χ1v) is 9.22. The number of likely N-dealkylation sites (tertiary alicyclic amines) is 1. The minimum atomic E-state index is -1.12. The van der Waals surface area contributed by atoms with E-state index in [4.69, 9.17) is 4.42 Å². The molecule has 7 nitrogen and oxygen atoms in total. The van der Waals surface area contributed by atoms with Crippen LogP contribution in [-0.2, 0) is 11.2 Å².